The molecule has 26 heavy (non-hydrogen) atoms. The van der Waals surface area contributed by atoms with Crippen LogP contribution in [0.4, 0.5) is 5.82 Å². The Morgan fingerprint density at radius 1 is 1.12 bits per heavy atom. The first-order chi connectivity index (χ1) is 12.4. The van der Waals surface area contributed by atoms with Gasteiger partial charge in [0.25, 0.3) is 10.2 Å². The topological polar surface area (TPSA) is 120 Å². The Morgan fingerprint density at radius 2 is 1.81 bits per heavy atom. The molecule has 1 aromatic heterocycles. The maximum Gasteiger partial charge on any atom is 0.274 e. The van der Waals surface area contributed by atoms with E-state index in [1.807, 2.05) is 24.1 Å². The van der Waals surface area contributed by atoms with E-state index in [0.717, 1.165) is 42.5 Å². The maximum absolute atomic E-state index is 10.8. The second-order valence-corrected chi connectivity index (χ2v) is 7.22. The van der Waals surface area contributed by atoms with E-state index in [0.29, 0.717) is 18.0 Å². The van der Waals surface area contributed by atoms with Crippen LogP contribution in [0.15, 0.2) is 18.5 Å². The fourth-order valence-corrected chi connectivity index (χ4v) is 3.07. The third kappa shape index (κ3) is 5.41. The molecular weight excluding hydrogens is 358 g/mol. The lowest BCUT2D eigenvalue weighted by Crippen LogP contribution is -2.31. The van der Waals surface area contributed by atoms with Crippen LogP contribution in [0.3, 0.4) is 0 Å². The predicted molar refractivity (Wildman–Crippen MR) is 101 cm³/mol. The van der Waals surface area contributed by atoms with E-state index in [9.17, 15) is 8.42 Å². The smallest absolute Gasteiger partial charge is 0.274 e. The van der Waals surface area contributed by atoms with Gasteiger partial charge >= 0.3 is 0 Å². The van der Waals surface area contributed by atoms with Gasteiger partial charge in [0, 0.05) is 31.6 Å². The van der Waals surface area contributed by atoms with Gasteiger partial charge in [0.15, 0.2) is 11.5 Å². The van der Waals surface area contributed by atoms with E-state index >= 15 is 0 Å². The molecule has 0 radical (unpaired) electrons. The summed E-state index contributed by atoms with van der Waals surface area (Å²) in [5, 5.41) is 5.77. The zero-order valence-electron chi connectivity index (χ0n) is 15.2. The third-order valence-corrected chi connectivity index (χ3v) is 4.56. The molecule has 2 rings (SSSR count). The SMILES string of the molecule is COc1cc2ncnc(N(C)CCCCCNS(N)(=O)=O)c2cc1OC. The molecule has 0 saturated heterocycles. The van der Waals surface area contributed by atoms with Crippen LogP contribution in [0.25, 0.3) is 10.9 Å². The lowest BCUT2D eigenvalue weighted by Gasteiger charge is -2.20. The average molecular weight is 383 g/mol. The van der Waals surface area contributed by atoms with Gasteiger partial charge in [-0.3, -0.25) is 0 Å². The van der Waals surface area contributed by atoms with Gasteiger partial charge in [0.2, 0.25) is 0 Å². The molecule has 0 aliphatic heterocycles. The van der Waals surface area contributed by atoms with Crippen LogP contribution in [0.2, 0.25) is 0 Å². The minimum absolute atomic E-state index is 0.343. The van der Waals surface area contributed by atoms with Crippen LogP contribution < -0.4 is 24.2 Å². The number of nitrogens with one attached hydrogen (secondary N) is 1. The van der Waals surface area contributed by atoms with Crippen molar-refractivity contribution in [2.75, 3.05) is 39.3 Å². The minimum atomic E-state index is -3.61. The maximum atomic E-state index is 10.8. The first-order valence-electron chi connectivity index (χ1n) is 8.21. The fraction of sp³-hybridized carbons (Fsp3) is 0.500. The Bertz CT molecular complexity index is 844. The van der Waals surface area contributed by atoms with Gasteiger partial charge in [-0.05, 0) is 18.9 Å². The normalized spacial score (nSPS) is 11.5. The van der Waals surface area contributed by atoms with Gasteiger partial charge in [-0.2, -0.15) is 8.42 Å². The summed E-state index contributed by atoms with van der Waals surface area (Å²) < 4.78 is 34.6. The Labute approximate surface area is 153 Å². The highest BCUT2D eigenvalue weighted by molar-refractivity contribution is 7.87. The molecule has 0 unspecified atom stereocenters. The number of nitrogens with two attached hydrogens (primary N) is 1. The molecule has 1 aromatic carbocycles. The number of unbranched alkanes of at least 4 members (excludes halogenated alkanes) is 2. The molecule has 0 aliphatic carbocycles. The van der Waals surface area contributed by atoms with Crippen molar-refractivity contribution < 1.29 is 17.9 Å². The zero-order chi connectivity index (χ0) is 19.2. The standard InChI is InChI=1S/C16H25N5O4S/c1-21(8-6-4-5-7-20-26(17,22)23)16-12-9-14(24-2)15(25-3)10-13(12)18-11-19-16/h9-11,20H,4-8H2,1-3H3,(H2,17,22,23). The number of fused-ring (bicyclic) bond motifs is 1. The van der Waals surface area contributed by atoms with E-state index in [4.69, 9.17) is 14.6 Å². The van der Waals surface area contributed by atoms with Crippen molar-refractivity contribution >= 4 is 26.9 Å². The molecule has 144 valence electrons. The summed E-state index contributed by atoms with van der Waals surface area (Å²) in [6.45, 7) is 1.12. The second-order valence-electron chi connectivity index (χ2n) is 5.84. The number of nitrogens with zero attached hydrogens (tertiary/aromatic N) is 3. The van der Waals surface area contributed by atoms with Gasteiger partial charge in [0.1, 0.15) is 12.1 Å². The van der Waals surface area contributed by atoms with Crippen molar-refractivity contribution in [1.82, 2.24) is 14.7 Å². The average Bonchev–Trinajstić information content (AvgIpc) is 2.61. The molecule has 2 aromatic rings. The number of rotatable bonds is 10. The number of methoxy groups -OCH3 is 2. The number of hydrogen-bond acceptors (Lipinski definition) is 7. The Morgan fingerprint density at radius 3 is 2.46 bits per heavy atom. The van der Waals surface area contributed by atoms with Gasteiger partial charge in [-0.15, -0.1) is 0 Å². The molecule has 3 N–H and O–H groups in total. The van der Waals surface area contributed by atoms with Crippen molar-refractivity contribution in [2.24, 2.45) is 5.14 Å². The Balaban J connectivity index is 2.02. The highest BCUT2D eigenvalue weighted by atomic mass is 32.2. The number of hydrogen-bond donors (Lipinski definition) is 2. The van der Waals surface area contributed by atoms with Crippen LogP contribution in [-0.4, -0.2) is 52.7 Å². The Hall–Kier alpha value is -2.17. The van der Waals surface area contributed by atoms with E-state index < -0.39 is 10.2 Å². The van der Waals surface area contributed by atoms with Crippen LogP contribution in [-0.2, 0) is 10.2 Å². The lowest BCUT2D eigenvalue weighted by atomic mass is 10.2. The molecule has 1 heterocycles. The summed E-state index contributed by atoms with van der Waals surface area (Å²) in [5.74, 6) is 2.05. The summed E-state index contributed by atoms with van der Waals surface area (Å²) in [6, 6.07) is 3.70. The highest BCUT2D eigenvalue weighted by Crippen LogP contribution is 2.34. The minimum Gasteiger partial charge on any atom is -0.493 e. The molecule has 0 atom stereocenters. The summed E-state index contributed by atoms with van der Waals surface area (Å²) in [7, 11) is 1.53. The second kappa shape index (κ2) is 8.97. The van der Waals surface area contributed by atoms with Crippen LogP contribution >= 0.6 is 0 Å². The number of anilines is 1. The Kier molecular flexibility index (Phi) is 6.95. The van der Waals surface area contributed by atoms with Crippen LogP contribution in [0.5, 0.6) is 11.5 Å². The number of benzene rings is 1. The van der Waals surface area contributed by atoms with Crippen molar-refractivity contribution in [1.29, 1.82) is 0 Å². The van der Waals surface area contributed by atoms with Crippen molar-refractivity contribution in [3.63, 3.8) is 0 Å². The molecular formula is C16H25N5O4S. The summed E-state index contributed by atoms with van der Waals surface area (Å²) in [4.78, 5) is 10.7. The van der Waals surface area contributed by atoms with E-state index in [1.54, 1.807) is 14.2 Å². The molecule has 0 bridgehead atoms. The first-order valence-corrected chi connectivity index (χ1v) is 9.75. The van der Waals surface area contributed by atoms with Crippen LogP contribution in [0, 0.1) is 0 Å². The van der Waals surface area contributed by atoms with E-state index in [-0.39, 0.29) is 0 Å². The van der Waals surface area contributed by atoms with Gasteiger partial charge in [-0.25, -0.2) is 19.8 Å². The molecule has 0 saturated carbocycles. The van der Waals surface area contributed by atoms with Crippen molar-refractivity contribution in [3.8, 4) is 11.5 Å². The monoisotopic (exact) mass is 383 g/mol. The van der Waals surface area contributed by atoms with Gasteiger partial charge in [0.05, 0.1) is 19.7 Å². The van der Waals surface area contributed by atoms with E-state index in [2.05, 4.69) is 14.7 Å². The van der Waals surface area contributed by atoms with Crippen molar-refractivity contribution in [2.45, 2.75) is 19.3 Å². The largest absolute Gasteiger partial charge is 0.493 e. The summed E-state index contributed by atoms with van der Waals surface area (Å²) in [5.41, 5.74) is 0.775. The predicted octanol–water partition coefficient (Wildman–Crippen LogP) is 1.05. The first kappa shape index (κ1) is 20.1. The molecule has 9 nitrogen and oxygen atoms in total. The highest BCUT2D eigenvalue weighted by Gasteiger charge is 2.13. The molecule has 0 aliphatic rings. The van der Waals surface area contributed by atoms with Gasteiger partial charge in [-0.1, -0.05) is 6.42 Å². The van der Waals surface area contributed by atoms with Gasteiger partial charge < -0.3 is 14.4 Å². The molecule has 10 heteroatoms. The number of aromatic nitrogens is 2. The lowest BCUT2D eigenvalue weighted by molar-refractivity contribution is 0.356. The number of ether oxygens (including phenoxy) is 2. The third-order valence-electron chi connectivity index (χ3n) is 3.95. The summed E-state index contributed by atoms with van der Waals surface area (Å²) >= 11 is 0. The molecule has 0 fully saturated rings. The van der Waals surface area contributed by atoms with E-state index in [1.165, 1.54) is 6.33 Å². The zero-order valence-corrected chi connectivity index (χ0v) is 16.0. The quantitative estimate of drug-likeness (QED) is 0.588. The van der Waals surface area contributed by atoms with Crippen LogP contribution in [0.1, 0.15) is 19.3 Å². The molecule has 0 amide bonds. The van der Waals surface area contributed by atoms with Crippen molar-refractivity contribution in [3.05, 3.63) is 18.5 Å². The molecule has 0 spiro atoms. The summed E-state index contributed by atoms with van der Waals surface area (Å²) in [6.07, 6.45) is 4.00. The fourth-order valence-electron chi connectivity index (χ4n) is 2.64.